The molecule has 1 unspecified atom stereocenters. The first-order chi connectivity index (χ1) is 9.56. The van der Waals surface area contributed by atoms with Crippen molar-refractivity contribution >= 4 is 5.78 Å². The van der Waals surface area contributed by atoms with Gasteiger partial charge in [-0.3, -0.25) is 9.69 Å². The van der Waals surface area contributed by atoms with E-state index in [1.807, 2.05) is 0 Å². The van der Waals surface area contributed by atoms with E-state index in [0.717, 1.165) is 32.6 Å². The Hall–Kier alpha value is -1.26. The minimum absolute atomic E-state index is 0.0225. The van der Waals surface area contributed by atoms with Crippen molar-refractivity contribution in [1.82, 2.24) is 9.80 Å². The fourth-order valence-electron chi connectivity index (χ4n) is 2.81. The lowest BCUT2D eigenvalue weighted by atomic mass is 10.1. The zero-order valence-electron chi connectivity index (χ0n) is 12.3. The maximum atomic E-state index is 13.1. The zero-order valence-corrected chi connectivity index (χ0v) is 12.3. The Labute approximate surface area is 120 Å². The van der Waals surface area contributed by atoms with Gasteiger partial charge in [-0.25, -0.2) is 4.39 Å². The van der Waals surface area contributed by atoms with Crippen LogP contribution in [0.25, 0.3) is 0 Å². The van der Waals surface area contributed by atoms with Gasteiger partial charge in [0.05, 0.1) is 0 Å². The minimum Gasteiger partial charge on any atom is -0.305 e. The molecule has 1 fully saturated rings. The molecule has 1 heterocycles. The molecule has 20 heavy (non-hydrogen) atoms. The van der Waals surface area contributed by atoms with Crippen molar-refractivity contribution in [3.63, 3.8) is 0 Å². The molecule has 1 saturated heterocycles. The van der Waals surface area contributed by atoms with Gasteiger partial charge in [0, 0.05) is 31.1 Å². The number of Topliss-reactive ketones (excluding diaryl/α,β-unsaturated/α-hetero) is 1. The molecule has 110 valence electrons. The van der Waals surface area contributed by atoms with Gasteiger partial charge in [0.15, 0.2) is 5.78 Å². The second-order valence-electron chi connectivity index (χ2n) is 5.68. The topological polar surface area (TPSA) is 23.6 Å². The number of halogens is 1. The minimum atomic E-state index is -0.347. The van der Waals surface area contributed by atoms with Gasteiger partial charge < -0.3 is 4.90 Å². The van der Waals surface area contributed by atoms with Crippen molar-refractivity contribution in [1.29, 1.82) is 0 Å². The molecule has 4 heteroatoms. The van der Waals surface area contributed by atoms with E-state index in [2.05, 4.69) is 23.8 Å². The second-order valence-corrected chi connectivity index (χ2v) is 5.68. The van der Waals surface area contributed by atoms with Gasteiger partial charge in [-0.2, -0.15) is 0 Å². The lowest BCUT2D eigenvalue weighted by molar-refractivity contribution is 0.0953. The van der Waals surface area contributed by atoms with Gasteiger partial charge in [0.2, 0.25) is 0 Å². The fourth-order valence-corrected chi connectivity index (χ4v) is 2.81. The molecule has 0 bridgehead atoms. The molecule has 1 aromatic carbocycles. The Morgan fingerprint density at radius 2 is 2.20 bits per heavy atom. The third-order valence-corrected chi connectivity index (χ3v) is 3.96. The molecular formula is C16H23FN2O. The summed E-state index contributed by atoms with van der Waals surface area (Å²) in [5.74, 6) is -0.324. The molecule has 1 aliphatic rings. The average molecular weight is 278 g/mol. The van der Waals surface area contributed by atoms with Gasteiger partial charge in [-0.15, -0.1) is 0 Å². The molecule has 0 radical (unpaired) electrons. The monoisotopic (exact) mass is 278 g/mol. The summed E-state index contributed by atoms with van der Waals surface area (Å²) < 4.78 is 13.1. The molecular weight excluding hydrogens is 255 g/mol. The predicted molar refractivity (Wildman–Crippen MR) is 78.5 cm³/mol. The molecule has 0 spiro atoms. The molecule has 1 aromatic rings. The largest absolute Gasteiger partial charge is 0.305 e. The van der Waals surface area contributed by atoms with Crippen LogP contribution in [0.3, 0.4) is 0 Å². The van der Waals surface area contributed by atoms with E-state index in [1.165, 1.54) is 12.1 Å². The van der Waals surface area contributed by atoms with Gasteiger partial charge >= 0.3 is 0 Å². The summed E-state index contributed by atoms with van der Waals surface area (Å²) in [7, 11) is 2.14. The van der Waals surface area contributed by atoms with Crippen LogP contribution in [-0.4, -0.2) is 54.9 Å². The third-order valence-electron chi connectivity index (χ3n) is 3.96. The van der Waals surface area contributed by atoms with Crippen LogP contribution >= 0.6 is 0 Å². The Kier molecular flexibility index (Phi) is 5.26. The summed E-state index contributed by atoms with van der Waals surface area (Å²) in [4.78, 5) is 16.8. The Bertz CT molecular complexity index is 464. The number of carbonyl (C=O) groups is 1. The van der Waals surface area contributed by atoms with Crippen LogP contribution in [0, 0.1) is 5.82 Å². The molecule has 2 rings (SSSR count). The summed E-state index contributed by atoms with van der Waals surface area (Å²) in [6, 6.07) is 6.42. The molecule has 3 nitrogen and oxygen atoms in total. The van der Waals surface area contributed by atoms with Gasteiger partial charge in [0.1, 0.15) is 5.82 Å². The lowest BCUT2D eigenvalue weighted by Crippen LogP contribution is -2.39. The third kappa shape index (κ3) is 4.12. The SMILES string of the molecule is CC1CN(C)CCCN1CCC(=O)c1cccc(F)c1. The molecule has 0 aliphatic carbocycles. The smallest absolute Gasteiger partial charge is 0.164 e. The van der Waals surface area contributed by atoms with Crippen molar-refractivity contribution in [3.05, 3.63) is 35.6 Å². The molecule has 0 aromatic heterocycles. The number of benzene rings is 1. The first-order valence-corrected chi connectivity index (χ1v) is 7.27. The van der Waals surface area contributed by atoms with E-state index >= 15 is 0 Å². The van der Waals surface area contributed by atoms with E-state index < -0.39 is 0 Å². The summed E-state index contributed by atoms with van der Waals surface area (Å²) >= 11 is 0. The first-order valence-electron chi connectivity index (χ1n) is 7.27. The molecule has 1 aliphatic heterocycles. The second kappa shape index (κ2) is 6.95. The first kappa shape index (κ1) is 15.1. The summed E-state index contributed by atoms with van der Waals surface area (Å²) in [5, 5.41) is 0. The van der Waals surface area contributed by atoms with Crippen LogP contribution in [0.2, 0.25) is 0 Å². The summed E-state index contributed by atoms with van der Waals surface area (Å²) in [5.41, 5.74) is 0.476. The van der Waals surface area contributed by atoms with Gasteiger partial charge in [0.25, 0.3) is 0 Å². The highest BCUT2D eigenvalue weighted by Crippen LogP contribution is 2.11. The van der Waals surface area contributed by atoms with Crippen molar-refractivity contribution in [2.24, 2.45) is 0 Å². The van der Waals surface area contributed by atoms with Crippen LogP contribution in [0.5, 0.6) is 0 Å². The summed E-state index contributed by atoms with van der Waals surface area (Å²) in [6.45, 7) is 6.13. The highest BCUT2D eigenvalue weighted by atomic mass is 19.1. The van der Waals surface area contributed by atoms with Crippen LogP contribution in [0.15, 0.2) is 24.3 Å². The quantitative estimate of drug-likeness (QED) is 0.790. The highest BCUT2D eigenvalue weighted by Gasteiger charge is 2.20. The predicted octanol–water partition coefficient (Wildman–Crippen LogP) is 2.42. The molecule has 0 saturated carbocycles. The Morgan fingerprint density at radius 3 is 2.95 bits per heavy atom. The van der Waals surface area contributed by atoms with E-state index in [1.54, 1.807) is 12.1 Å². The number of ketones is 1. The van der Waals surface area contributed by atoms with Crippen molar-refractivity contribution < 1.29 is 9.18 Å². The lowest BCUT2D eigenvalue weighted by Gasteiger charge is -2.27. The molecule has 0 amide bonds. The number of hydrogen-bond donors (Lipinski definition) is 0. The number of carbonyl (C=O) groups excluding carboxylic acids is 1. The number of likely N-dealkylation sites (N-methyl/N-ethyl adjacent to an activating group) is 1. The van der Waals surface area contributed by atoms with Crippen molar-refractivity contribution in [2.45, 2.75) is 25.8 Å². The van der Waals surface area contributed by atoms with Crippen LogP contribution in [-0.2, 0) is 0 Å². The number of rotatable bonds is 4. The standard InChI is InChI=1S/C16H23FN2O/c1-13-12-18(2)8-4-9-19(13)10-7-16(20)14-5-3-6-15(17)11-14/h3,5-6,11,13H,4,7-10,12H2,1-2H3. The number of nitrogens with zero attached hydrogens (tertiary/aromatic N) is 2. The van der Waals surface area contributed by atoms with E-state index in [9.17, 15) is 9.18 Å². The van der Waals surface area contributed by atoms with Gasteiger partial charge in [-0.05, 0) is 45.6 Å². The van der Waals surface area contributed by atoms with Crippen molar-refractivity contribution in [3.8, 4) is 0 Å². The maximum Gasteiger partial charge on any atom is 0.164 e. The van der Waals surface area contributed by atoms with Crippen molar-refractivity contribution in [2.75, 3.05) is 33.2 Å². The highest BCUT2D eigenvalue weighted by molar-refractivity contribution is 5.96. The Balaban J connectivity index is 1.89. The Morgan fingerprint density at radius 1 is 1.40 bits per heavy atom. The molecule has 1 atom stereocenters. The van der Waals surface area contributed by atoms with Crippen LogP contribution in [0.4, 0.5) is 4.39 Å². The molecule has 0 N–H and O–H groups in total. The maximum absolute atomic E-state index is 13.1. The van der Waals surface area contributed by atoms with E-state index in [0.29, 0.717) is 18.0 Å². The fraction of sp³-hybridized carbons (Fsp3) is 0.562. The van der Waals surface area contributed by atoms with E-state index in [-0.39, 0.29) is 11.6 Å². The number of hydrogen-bond acceptors (Lipinski definition) is 3. The van der Waals surface area contributed by atoms with E-state index in [4.69, 9.17) is 0 Å². The average Bonchev–Trinajstić information content (AvgIpc) is 2.57. The van der Waals surface area contributed by atoms with Gasteiger partial charge in [-0.1, -0.05) is 12.1 Å². The van der Waals surface area contributed by atoms with Crippen LogP contribution < -0.4 is 0 Å². The zero-order chi connectivity index (χ0) is 14.5. The normalized spacial score (nSPS) is 21.6. The summed E-state index contributed by atoms with van der Waals surface area (Å²) in [6.07, 6.45) is 1.59. The van der Waals surface area contributed by atoms with Crippen LogP contribution in [0.1, 0.15) is 30.1 Å².